The molecule has 1 aromatic carbocycles. The van der Waals surface area contributed by atoms with E-state index < -0.39 is 21.2 Å². The maximum atomic E-state index is 11.6. The van der Waals surface area contributed by atoms with Gasteiger partial charge in [0.05, 0.1) is 6.42 Å². The summed E-state index contributed by atoms with van der Waals surface area (Å²) >= 11 is 0. The second-order valence-electron chi connectivity index (χ2n) is 3.68. The monoisotopic (exact) mass is 225 g/mol. The highest BCUT2D eigenvalue weighted by Gasteiger charge is 2.37. The van der Waals surface area contributed by atoms with Crippen LogP contribution in [0.3, 0.4) is 0 Å². The number of aryl methyl sites for hydroxylation is 1. The fourth-order valence-corrected chi connectivity index (χ4v) is 3.14. The van der Waals surface area contributed by atoms with Crippen molar-refractivity contribution in [3.05, 3.63) is 35.4 Å². The lowest BCUT2D eigenvalue weighted by Crippen LogP contribution is -2.21. The molecular formula is C10H11NO3S. The SMILES string of the molecule is Cc1cccc(C2CC(=O)NS2(=O)=O)c1. The van der Waals surface area contributed by atoms with Crippen molar-refractivity contribution in [2.45, 2.75) is 18.6 Å². The van der Waals surface area contributed by atoms with Crippen molar-refractivity contribution >= 4 is 15.9 Å². The molecule has 0 aromatic heterocycles. The molecule has 1 atom stereocenters. The smallest absolute Gasteiger partial charge is 0.242 e. The van der Waals surface area contributed by atoms with Gasteiger partial charge in [-0.25, -0.2) is 8.42 Å². The first-order valence-electron chi connectivity index (χ1n) is 4.60. The van der Waals surface area contributed by atoms with Gasteiger partial charge in [-0.05, 0) is 12.5 Å². The summed E-state index contributed by atoms with van der Waals surface area (Å²) in [5.41, 5.74) is 1.66. The Morgan fingerprint density at radius 3 is 2.67 bits per heavy atom. The highest BCUT2D eigenvalue weighted by molar-refractivity contribution is 7.90. The van der Waals surface area contributed by atoms with Crippen molar-refractivity contribution in [2.24, 2.45) is 0 Å². The Balaban J connectivity index is 2.44. The summed E-state index contributed by atoms with van der Waals surface area (Å²) in [5.74, 6) is -0.429. The van der Waals surface area contributed by atoms with Crippen LogP contribution in [-0.4, -0.2) is 14.3 Å². The second-order valence-corrected chi connectivity index (χ2v) is 5.54. The van der Waals surface area contributed by atoms with Crippen LogP contribution >= 0.6 is 0 Å². The Hall–Kier alpha value is -1.36. The molecule has 15 heavy (non-hydrogen) atoms. The predicted molar refractivity (Wildman–Crippen MR) is 55.6 cm³/mol. The van der Waals surface area contributed by atoms with Gasteiger partial charge in [0, 0.05) is 0 Å². The third-order valence-corrected chi connectivity index (χ3v) is 4.12. The number of sulfonamides is 1. The van der Waals surface area contributed by atoms with Crippen molar-refractivity contribution in [3.63, 3.8) is 0 Å². The fraction of sp³-hybridized carbons (Fsp3) is 0.300. The molecule has 1 amide bonds. The zero-order valence-corrected chi connectivity index (χ0v) is 9.04. The van der Waals surface area contributed by atoms with Crippen LogP contribution in [0.15, 0.2) is 24.3 Å². The topological polar surface area (TPSA) is 63.2 Å². The van der Waals surface area contributed by atoms with Crippen LogP contribution in [0, 0.1) is 6.92 Å². The first kappa shape index (κ1) is 10.2. The Morgan fingerprint density at radius 2 is 2.13 bits per heavy atom. The number of hydrogen-bond donors (Lipinski definition) is 1. The summed E-state index contributed by atoms with van der Waals surface area (Å²) in [7, 11) is -3.51. The third kappa shape index (κ3) is 1.87. The highest BCUT2D eigenvalue weighted by atomic mass is 32.2. The van der Waals surface area contributed by atoms with Crippen molar-refractivity contribution in [1.82, 2.24) is 4.72 Å². The van der Waals surface area contributed by atoms with Crippen molar-refractivity contribution < 1.29 is 13.2 Å². The third-order valence-electron chi connectivity index (χ3n) is 2.42. The fourth-order valence-electron chi connectivity index (χ4n) is 1.72. The molecule has 5 heteroatoms. The van der Waals surface area contributed by atoms with E-state index in [0.29, 0.717) is 5.56 Å². The molecule has 0 saturated carbocycles. The minimum absolute atomic E-state index is 0.0196. The van der Waals surface area contributed by atoms with Gasteiger partial charge in [-0.3, -0.25) is 9.52 Å². The number of hydrogen-bond acceptors (Lipinski definition) is 3. The highest BCUT2D eigenvalue weighted by Crippen LogP contribution is 2.30. The maximum Gasteiger partial charge on any atom is 0.242 e. The molecule has 1 fully saturated rings. The zero-order valence-electron chi connectivity index (χ0n) is 8.23. The number of rotatable bonds is 1. The molecule has 1 N–H and O–H groups in total. The summed E-state index contributed by atoms with van der Waals surface area (Å²) in [6.45, 7) is 1.89. The molecule has 1 aromatic rings. The molecule has 0 aliphatic carbocycles. The van der Waals surface area contributed by atoms with E-state index >= 15 is 0 Å². The second kappa shape index (κ2) is 3.34. The Kier molecular flexibility index (Phi) is 2.26. The van der Waals surface area contributed by atoms with Crippen LogP contribution in [-0.2, 0) is 14.8 Å². The van der Waals surface area contributed by atoms with Gasteiger partial charge in [0.1, 0.15) is 5.25 Å². The van der Waals surface area contributed by atoms with Gasteiger partial charge in [0.25, 0.3) is 0 Å². The predicted octanol–water partition coefficient (Wildman–Crippen LogP) is 0.886. The van der Waals surface area contributed by atoms with E-state index in [9.17, 15) is 13.2 Å². The Bertz CT molecular complexity index is 507. The quantitative estimate of drug-likeness (QED) is 0.772. The van der Waals surface area contributed by atoms with E-state index in [2.05, 4.69) is 0 Å². The van der Waals surface area contributed by atoms with Gasteiger partial charge < -0.3 is 0 Å². The van der Waals surface area contributed by atoms with Crippen LogP contribution in [0.4, 0.5) is 0 Å². The van der Waals surface area contributed by atoms with Gasteiger partial charge in [0.15, 0.2) is 0 Å². The molecule has 1 aliphatic heterocycles. The minimum Gasteiger partial charge on any atom is -0.274 e. The van der Waals surface area contributed by atoms with Gasteiger partial charge >= 0.3 is 0 Å². The van der Waals surface area contributed by atoms with E-state index in [1.165, 1.54) is 0 Å². The molecule has 80 valence electrons. The molecule has 4 nitrogen and oxygen atoms in total. The maximum absolute atomic E-state index is 11.6. The van der Waals surface area contributed by atoms with Gasteiger partial charge in [-0.2, -0.15) is 0 Å². The summed E-state index contributed by atoms with van der Waals surface area (Å²) in [6.07, 6.45) is 0.0196. The molecule has 1 aliphatic rings. The lowest BCUT2D eigenvalue weighted by Gasteiger charge is -2.08. The van der Waals surface area contributed by atoms with E-state index in [0.717, 1.165) is 5.56 Å². The van der Waals surface area contributed by atoms with Crippen molar-refractivity contribution in [1.29, 1.82) is 0 Å². The standard InChI is InChI=1S/C10H11NO3S/c1-7-3-2-4-8(5-7)9-6-10(12)11-15(9,13)14/h2-5,9H,6H2,1H3,(H,11,12). The summed E-state index contributed by atoms with van der Waals surface area (Å²) in [5, 5.41) is -0.732. The van der Waals surface area contributed by atoms with Crippen molar-refractivity contribution in [2.75, 3.05) is 0 Å². The zero-order chi connectivity index (χ0) is 11.1. The number of benzene rings is 1. The molecular weight excluding hydrogens is 214 g/mol. The molecule has 1 saturated heterocycles. The molecule has 1 unspecified atom stereocenters. The first-order chi connectivity index (χ1) is 6.99. The van der Waals surface area contributed by atoms with E-state index in [1.54, 1.807) is 18.2 Å². The first-order valence-corrected chi connectivity index (χ1v) is 6.15. The summed E-state index contributed by atoms with van der Waals surface area (Å²) < 4.78 is 25.1. The Morgan fingerprint density at radius 1 is 1.40 bits per heavy atom. The molecule has 2 rings (SSSR count). The van der Waals surface area contributed by atoms with Crippen molar-refractivity contribution in [3.8, 4) is 0 Å². The average Bonchev–Trinajstić information content (AvgIpc) is 2.39. The largest absolute Gasteiger partial charge is 0.274 e. The van der Waals surface area contributed by atoms with Gasteiger partial charge in [-0.1, -0.05) is 29.8 Å². The summed E-state index contributed by atoms with van der Waals surface area (Å²) in [6, 6.07) is 7.21. The summed E-state index contributed by atoms with van der Waals surface area (Å²) in [4.78, 5) is 11.0. The van der Waals surface area contributed by atoms with Crippen LogP contribution in [0.1, 0.15) is 22.8 Å². The van der Waals surface area contributed by atoms with Gasteiger partial charge in [0.2, 0.25) is 15.9 Å². The molecule has 0 spiro atoms. The lowest BCUT2D eigenvalue weighted by molar-refractivity contribution is -0.118. The number of carbonyl (C=O) groups is 1. The molecule has 1 heterocycles. The number of carbonyl (C=O) groups excluding carboxylic acids is 1. The molecule has 0 radical (unpaired) electrons. The number of nitrogens with one attached hydrogen (secondary N) is 1. The molecule has 0 bridgehead atoms. The minimum atomic E-state index is -3.51. The van der Waals surface area contributed by atoms with E-state index in [4.69, 9.17) is 0 Å². The van der Waals surface area contributed by atoms with Crippen LogP contribution in [0.25, 0.3) is 0 Å². The Labute approximate surface area is 88.4 Å². The lowest BCUT2D eigenvalue weighted by atomic mass is 10.1. The van der Waals surface area contributed by atoms with E-state index in [1.807, 2.05) is 17.7 Å². The normalized spacial score (nSPS) is 23.8. The number of amides is 1. The van der Waals surface area contributed by atoms with Crippen LogP contribution in [0.2, 0.25) is 0 Å². The average molecular weight is 225 g/mol. The van der Waals surface area contributed by atoms with Crippen LogP contribution < -0.4 is 4.72 Å². The van der Waals surface area contributed by atoms with Gasteiger partial charge in [-0.15, -0.1) is 0 Å². The van der Waals surface area contributed by atoms with E-state index in [-0.39, 0.29) is 6.42 Å². The van der Waals surface area contributed by atoms with Crippen LogP contribution in [0.5, 0.6) is 0 Å².